The molecule has 0 rings (SSSR count). The highest BCUT2D eigenvalue weighted by molar-refractivity contribution is 4.75. The van der Waals surface area contributed by atoms with Crippen LogP contribution >= 0.6 is 0 Å². The second-order valence-corrected chi connectivity index (χ2v) is 3.18. The fourth-order valence-electron chi connectivity index (χ4n) is 0.778. The van der Waals surface area contributed by atoms with Gasteiger partial charge in [0.05, 0.1) is 0 Å². The number of rotatable bonds is 3. The molecule has 0 N–H and O–H groups in total. The predicted octanol–water partition coefficient (Wildman–Crippen LogP) is 3.17. The number of hydrogen-bond acceptors (Lipinski definition) is 0. The van der Waals surface area contributed by atoms with E-state index >= 15 is 0 Å². The van der Waals surface area contributed by atoms with Gasteiger partial charge in [-0.2, -0.15) is 0 Å². The lowest BCUT2D eigenvalue weighted by atomic mass is 9.90. The Morgan fingerprint density at radius 2 is 1.89 bits per heavy atom. The van der Waals surface area contributed by atoms with E-state index in [0.717, 1.165) is 6.42 Å². The van der Waals surface area contributed by atoms with Gasteiger partial charge in [0.15, 0.2) is 0 Å². The third kappa shape index (κ3) is 2.83. The van der Waals surface area contributed by atoms with Gasteiger partial charge >= 0.3 is 0 Å². The molecule has 0 bridgehead atoms. The van der Waals surface area contributed by atoms with Gasteiger partial charge in [-0.3, -0.25) is 0 Å². The Morgan fingerprint density at radius 3 is 2.00 bits per heavy atom. The Labute approximate surface area is 57.5 Å². The van der Waals surface area contributed by atoms with Gasteiger partial charge in [0.1, 0.15) is 5.67 Å². The molecule has 0 saturated carbocycles. The van der Waals surface area contributed by atoms with Crippen molar-refractivity contribution in [3.05, 3.63) is 0 Å². The smallest absolute Gasteiger partial charge is 0.110 e. The summed E-state index contributed by atoms with van der Waals surface area (Å²) in [5, 5.41) is 0. The number of hydrogen-bond donors (Lipinski definition) is 0. The van der Waals surface area contributed by atoms with E-state index in [-0.39, 0.29) is 5.92 Å². The second kappa shape index (κ2) is 3.19. The van der Waals surface area contributed by atoms with Crippen LogP contribution in [0.3, 0.4) is 0 Å². The Kier molecular flexibility index (Phi) is 3.16. The third-order valence-electron chi connectivity index (χ3n) is 1.94. The Balaban J connectivity index is 3.70. The molecule has 1 unspecified atom stereocenters. The largest absolute Gasteiger partial charge is 0.244 e. The van der Waals surface area contributed by atoms with E-state index in [4.69, 9.17) is 0 Å². The quantitative estimate of drug-likeness (QED) is 0.553. The molecule has 9 heavy (non-hydrogen) atoms. The monoisotopic (exact) mass is 132 g/mol. The lowest BCUT2D eigenvalue weighted by molar-refractivity contribution is 0.111. The van der Waals surface area contributed by atoms with Crippen LogP contribution in [0.5, 0.6) is 0 Å². The van der Waals surface area contributed by atoms with E-state index in [1.807, 2.05) is 20.8 Å². The third-order valence-corrected chi connectivity index (χ3v) is 1.94. The molecule has 0 aromatic heterocycles. The van der Waals surface area contributed by atoms with Crippen molar-refractivity contribution in [1.82, 2.24) is 0 Å². The first-order chi connectivity index (χ1) is 4.00. The summed E-state index contributed by atoms with van der Waals surface area (Å²) in [6.45, 7) is 7.55. The van der Waals surface area contributed by atoms with E-state index in [2.05, 4.69) is 0 Å². The van der Waals surface area contributed by atoms with Crippen molar-refractivity contribution >= 4 is 0 Å². The molecule has 0 heterocycles. The van der Waals surface area contributed by atoms with Crippen molar-refractivity contribution in [1.29, 1.82) is 0 Å². The van der Waals surface area contributed by atoms with Gasteiger partial charge in [-0.25, -0.2) is 4.39 Å². The fraction of sp³-hybridized carbons (Fsp3) is 1.00. The molecule has 1 heteroatoms. The molecule has 0 saturated heterocycles. The summed E-state index contributed by atoms with van der Waals surface area (Å²) in [5.41, 5.74) is -0.950. The maximum atomic E-state index is 13.2. The summed E-state index contributed by atoms with van der Waals surface area (Å²) in [6.07, 6.45) is 1.62. The van der Waals surface area contributed by atoms with Gasteiger partial charge in [-0.15, -0.1) is 0 Å². The first-order valence-electron chi connectivity index (χ1n) is 3.69. The first kappa shape index (κ1) is 8.93. The summed E-state index contributed by atoms with van der Waals surface area (Å²) >= 11 is 0. The van der Waals surface area contributed by atoms with Crippen LogP contribution in [-0.2, 0) is 0 Å². The van der Waals surface area contributed by atoms with E-state index < -0.39 is 5.67 Å². The molecule has 0 aromatic carbocycles. The standard InChI is InChI=1S/C8H17F/c1-5-6-8(4,9)7(2)3/h7H,5-6H2,1-4H3. The SMILES string of the molecule is CCCC(C)(F)C(C)C. The molecule has 56 valence electrons. The molecule has 1 atom stereocenters. The van der Waals surface area contributed by atoms with Crippen LogP contribution in [0.1, 0.15) is 40.5 Å². The summed E-state index contributed by atoms with van der Waals surface area (Å²) in [6, 6.07) is 0. The van der Waals surface area contributed by atoms with Gasteiger partial charge in [-0.05, 0) is 19.3 Å². The van der Waals surface area contributed by atoms with Crippen LogP contribution in [0.2, 0.25) is 0 Å². The Bertz CT molecular complexity index is 74.6. The van der Waals surface area contributed by atoms with Crippen LogP contribution in [0.4, 0.5) is 4.39 Å². The Hall–Kier alpha value is -0.0700. The van der Waals surface area contributed by atoms with Gasteiger partial charge in [-0.1, -0.05) is 27.2 Å². The van der Waals surface area contributed by atoms with Crippen LogP contribution in [-0.4, -0.2) is 5.67 Å². The first-order valence-corrected chi connectivity index (χ1v) is 3.69. The van der Waals surface area contributed by atoms with Gasteiger partial charge < -0.3 is 0 Å². The fourth-order valence-corrected chi connectivity index (χ4v) is 0.778. The van der Waals surface area contributed by atoms with Crippen molar-refractivity contribution in [2.24, 2.45) is 5.92 Å². The molecule has 0 nitrogen and oxygen atoms in total. The highest BCUT2D eigenvalue weighted by atomic mass is 19.1. The normalized spacial score (nSPS) is 18.0. The lowest BCUT2D eigenvalue weighted by Crippen LogP contribution is -2.24. The zero-order valence-electron chi connectivity index (χ0n) is 6.87. The Morgan fingerprint density at radius 1 is 1.44 bits per heavy atom. The molecule has 0 aliphatic heterocycles. The van der Waals surface area contributed by atoms with Gasteiger partial charge in [0.25, 0.3) is 0 Å². The molecule has 0 aliphatic rings. The van der Waals surface area contributed by atoms with E-state index in [1.165, 1.54) is 0 Å². The predicted molar refractivity (Wildman–Crippen MR) is 39.3 cm³/mol. The van der Waals surface area contributed by atoms with Crippen molar-refractivity contribution in [2.75, 3.05) is 0 Å². The van der Waals surface area contributed by atoms with Gasteiger partial charge in [0, 0.05) is 0 Å². The lowest BCUT2D eigenvalue weighted by Gasteiger charge is -2.23. The summed E-state index contributed by atoms with van der Waals surface area (Å²) < 4.78 is 13.2. The van der Waals surface area contributed by atoms with E-state index in [9.17, 15) is 4.39 Å². The van der Waals surface area contributed by atoms with Crippen molar-refractivity contribution < 1.29 is 4.39 Å². The summed E-state index contributed by atoms with van der Waals surface area (Å²) in [5.74, 6) is 0.150. The van der Waals surface area contributed by atoms with Crippen molar-refractivity contribution in [2.45, 2.75) is 46.2 Å². The van der Waals surface area contributed by atoms with Gasteiger partial charge in [0.2, 0.25) is 0 Å². The maximum Gasteiger partial charge on any atom is 0.110 e. The molecular formula is C8H17F. The van der Waals surface area contributed by atoms with Crippen LogP contribution in [0, 0.1) is 5.92 Å². The minimum Gasteiger partial charge on any atom is -0.244 e. The van der Waals surface area contributed by atoms with Crippen LogP contribution < -0.4 is 0 Å². The molecule has 0 spiro atoms. The summed E-state index contributed by atoms with van der Waals surface area (Å²) in [4.78, 5) is 0. The highest BCUT2D eigenvalue weighted by Gasteiger charge is 2.25. The minimum atomic E-state index is -0.950. The molecule has 0 aliphatic carbocycles. The number of alkyl halides is 1. The molecular weight excluding hydrogens is 115 g/mol. The minimum absolute atomic E-state index is 0.150. The van der Waals surface area contributed by atoms with Crippen molar-refractivity contribution in [3.63, 3.8) is 0 Å². The number of halogens is 1. The van der Waals surface area contributed by atoms with Crippen LogP contribution in [0.15, 0.2) is 0 Å². The second-order valence-electron chi connectivity index (χ2n) is 3.18. The average molecular weight is 132 g/mol. The maximum absolute atomic E-state index is 13.2. The van der Waals surface area contributed by atoms with E-state index in [0.29, 0.717) is 6.42 Å². The zero-order chi connectivity index (χ0) is 7.49. The van der Waals surface area contributed by atoms with Crippen molar-refractivity contribution in [3.8, 4) is 0 Å². The molecule has 0 aromatic rings. The summed E-state index contributed by atoms with van der Waals surface area (Å²) in [7, 11) is 0. The average Bonchev–Trinajstić information content (AvgIpc) is 1.65. The zero-order valence-corrected chi connectivity index (χ0v) is 6.87. The topological polar surface area (TPSA) is 0 Å². The molecule has 0 radical (unpaired) electrons. The molecule has 0 fully saturated rings. The van der Waals surface area contributed by atoms with Crippen LogP contribution in [0.25, 0.3) is 0 Å². The highest BCUT2D eigenvalue weighted by Crippen LogP contribution is 2.26. The van der Waals surface area contributed by atoms with E-state index in [1.54, 1.807) is 6.92 Å². The molecule has 0 amide bonds.